The number of carbonyl (C=O) groups excluding carboxylic acids is 1. The van der Waals surface area contributed by atoms with Crippen molar-refractivity contribution >= 4 is 6.03 Å². The zero-order valence-corrected chi connectivity index (χ0v) is 21.9. The molecule has 2 amide bonds. The van der Waals surface area contributed by atoms with Crippen LogP contribution >= 0.6 is 0 Å². The maximum absolute atomic E-state index is 11.9. The quantitative estimate of drug-likeness (QED) is 0.334. The first-order chi connectivity index (χ1) is 17.3. The van der Waals surface area contributed by atoms with Gasteiger partial charge in [0.1, 0.15) is 0 Å². The van der Waals surface area contributed by atoms with E-state index in [4.69, 9.17) is 4.74 Å². The number of nitrogens with one attached hydrogen (secondary N) is 2. The molecule has 0 aromatic carbocycles. The van der Waals surface area contributed by atoms with Crippen molar-refractivity contribution in [3.63, 3.8) is 0 Å². The number of aromatic nitrogens is 1. The molecule has 2 fully saturated rings. The van der Waals surface area contributed by atoms with Gasteiger partial charge in [-0.2, -0.15) is 0 Å². The first-order valence-corrected chi connectivity index (χ1v) is 14.3. The van der Waals surface area contributed by atoms with Crippen LogP contribution in [-0.4, -0.2) is 79.3 Å². The highest BCUT2D eigenvalue weighted by Crippen LogP contribution is 2.23. The molecular formula is C28H49N5O2. The molecule has 198 valence electrons. The summed E-state index contributed by atoms with van der Waals surface area (Å²) in [6.07, 6.45) is 19.3. The minimum absolute atomic E-state index is 0.0923. The number of pyridine rings is 1. The van der Waals surface area contributed by atoms with Gasteiger partial charge in [0.25, 0.3) is 0 Å². The molecule has 0 radical (unpaired) electrons. The standard InChI is InChI=1S/C28H49N5O2/c34-28(31-25-26-12-10-15-29-24-26)30-16-8-3-1-2-4-9-18-33(27-13-6-5-7-14-27)19-11-17-32-20-22-35-23-21-32/h10,12,15,24,27H,1-9,11,13-14,16-23,25H2,(H2,30,31,34). The van der Waals surface area contributed by atoms with Crippen LogP contribution in [-0.2, 0) is 11.3 Å². The van der Waals surface area contributed by atoms with Crippen LogP contribution in [0.3, 0.4) is 0 Å². The second kappa shape index (κ2) is 17.7. The van der Waals surface area contributed by atoms with Crippen LogP contribution in [0.5, 0.6) is 0 Å². The Labute approximate surface area is 213 Å². The van der Waals surface area contributed by atoms with E-state index in [2.05, 4.69) is 25.4 Å². The Morgan fingerprint density at radius 2 is 1.71 bits per heavy atom. The third-order valence-corrected chi connectivity index (χ3v) is 7.45. The zero-order chi connectivity index (χ0) is 24.4. The highest BCUT2D eigenvalue weighted by molar-refractivity contribution is 5.73. The van der Waals surface area contributed by atoms with E-state index in [9.17, 15) is 4.79 Å². The Morgan fingerprint density at radius 3 is 2.49 bits per heavy atom. The van der Waals surface area contributed by atoms with E-state index in [0.717, 1.165) is 50.9 Å². The number of morpholine rings is 1. The summed E-state index contributed by atoms with van der Waals surface area (Å²) >= 11 is 0. The van der Waals surface area contributed by atoms with Gasteiger partial charge >= 0.3 is 6.03 Å². The summed E-state index contributed by atoms with van der Waals surface area (Å²) in [5, 5.41) is 5.85. The number of hydrogen-bond acceptors (Lipinski definition) is 5. The van der Waals surface area contributed by atoms with Gasteiger partial charge in [-0.05, 0) is 63.4 Å². The van der Waals surface area contributed by atoms with Crippen molar-refractivity contribution in [3.05, 3.63) is 30.1 Å². The molecule has 3 rings (SSSR count). The number of nitrogens with zero attached hydrogens (tertiary/aromatic N) is 3. The van der Waals surface area contributed by atoms with E-state index >= 15 is 0 Å². The molecule has 2 heterocycles. The number of hydrogen-bond donors (Lipinski definition) is 2. The summed E-state index contributed by atoms with van der Waals surface area (Å²) in [5.74, 6) is 0. The number of ether oxygens (including phenoxy) is 1. The molecule has 0 spiro atoms. The van der Waals surface area contributed by atoms with Crippen LogP contribution in [0.1, 0.15) is 82.6 Å². The SMILES string of the molecule is O=C(NCCCCCCCCN(CCCN1CCOCC1)C1CCCCC1)NCc1cccnc1. The fraction of sp³-hybridized carbons (Fsp3) is 0.786. The molecule has 2 N–H and O–H groups in total. The van der Waals surface area contributed by atoms with E-state index < -0.39 is 0 Å². The zero-order valence-electron chi connectivity index (χ0n) is 21.9. The van der Waals surface area contributed by atoms with Gasteiger partial charge in [-0.25, -0.2) is 4.79 Å². The number of unbranched alkanes of at least 4 members (excludes halogenated alkanes) is 5. The summed E-state index contributed by atoms with van der Waals surface area (Å²) in [5.41, 5.74) is 1.02. The first kappa shape index (κ1) is 27.9. The van der Waals surface area contributed by atoms with E-state index in [1.807, 2.05) is 12.1 Å². The van der Waals surface area contributed by atoms with Gasteiger partial charge < -0.3 is 20.3 Å². The Balaban J connectivity index is 1.18. The predicted molar refractivity (Wildman–Crippen MR) is 142 cm³/mol. The molecule has 7 nitrogen and oxygen atoms in total. The minimum atomic E-state index is -0.0923. The molecule has 1 aromatic heterocycles. The number of amides is 2. The van der Waals surface area contributed by atoms with Gasteiger partial charge in [0.2, 0.25) is 0 Å². The van der Waals surface area contributed by atoms with Gasteiger partial charge in [0.05, 0.1) is 13.2 Å². The van der Waals surface area contributed by atoms with Crippen molar-refractivity contribution in [1.29, 1.82) is 0 Å². The van der Waals surface area contributed by atoms with Gasteiger partial charge in [-0.1, -0.05) is 51.0 Å². The van der Waals surface area contributed by atoms with Gasteiger partial charge in [-0.3, -0.25) is 9.88 Å². The van der Waals surface area contributed by atoms with Crippen molar-refractivity contribution in [2.75, 3.05) is 52.5 Å². The summed E-state index contributed by atoms with van der Waals surface area (Å²) in [4.78, 5) is 21.4. The monoisotopic (exact) mass is 487 g/mol. The average Bonchev–Trinajstić information content (AvgIpc) is 2.91. The molecule has 1 saturated heterocycles. The van der Waals surface area contributed by atoms with Crippen LogP contribution in [0, 0.1) is 0 Å². The maximum atomic E-state index is 11.9. The third kappa shape index (κ3) is 12.2. The molecule has 1 aliphatic carbocycles. The van der Waals surface area contributed by atoms with Crippen LogP contribution in [0.15, 0.2) is 24.5 Å². The van der Waals surface area contributed by atoms with E-state index in [0.29, 0.717) is 6.54 Å². The van der Waals surface area contributed by atoms with Crippen LogP contribution in [0.4, 0.5) is 4.79 Å². The molecule has 7 heteroatoms. The molecule has 0 bridgehead atoms. The van der Waals surface area contributed by atoms with Crippen molar-refractivity contribution in [2.24, 2.45) is 0 Å². The van der Waals surface area contributed by atoms with E-state index in [1.165, 1.54) is 90.3 Å². The number of carbonyl (C=O) groups is 1. The molecular weight excluding hydrogens is 438 g/mol. The fourth-order valence-electron chi connectivity index (χ4n) is 5.34. The van der Waals surface area contributed by atoms with Crippen LogP contribution in [0.2, 0.25) is 0 Å². The number of urea groups is 1. The second-order valence-corrected chi connectivity index (χ2v) is 10.2. The smallest absolute Gasteiger partial charge is 0.315 e. The molecule has 0 unspecified atom stereocenters. The maximum Gasteiger partial charge on any atom is 0.315 e. The molecule has 0 atom stereocenters. The lowest BCUT2D eigenvalue weighted by atomic mass is 9.93. The summed E-state index contributed by atoms with van der Waals surface area (Å²) < 4.78 is 5.49. The highest BCUT2D eigenvalue weighted by atomic mass is 16.5. The molecule has 1 aromatic rings. The Hall–Kier alpha value is -1.70. The minimum Gasteiger partial charge on any atom is -0.379 e. The van der Waals surface area contributed by atoms with Crippen molar-refractivity contribution < 1.29 is 9.53 Å². The summed E-state index contributed by atoms with van der Waals surface area (Å²) in [6.45, 7) is 9.04. The van der Waals surface area contributed by atoms with Crippen LogP contribution in [0.25, 0.3) is 0 Å². The molecule has 35 heavy (non-hydrogen) atoms. The summed E-state index contributed by atoms with van der Waals surface area (Å²) in [6, 6.07) is 4.58. The lowest BCUT2D eigenvalue weighted by Crippen LogP contribution is -2.41. The largest absolute Gasteiger partial charge is 0.379 e. The lowest BCUT2D eigenvalue weighted by Gasteiger charge is -2.35. The fourth-order valence-corrected chi connectivity index (χ4v) is 5.34. The third-order valence-electron chi connectivity index (χ3n) is 7.45. The number of rotatable bonds is 16. The molecule has 1 saturated carbocycles. The average molecular weight is 488 g/mol. The Bertz CT molecular complexity index is 663. The van der Waals surface area contributed by atoms with E-state index in [1.54, 1.807) is 12.4 Å². The molecule has 2 aliphatic rings. The van der Waals surface area contributed by atoms with E-state index in [-0.39, 0.29) is 6.03 Å². The molecule has 1 aliphatic heterocycles. The van der Waals surface area contributed by atoms with Crippen molar-refractivity contribution in [3.8, 4) is 0 Å². The summed E-state index contributed by atoms with van der Waals surface area (Å²) in [7, 11) is 0. The first-order valence-electron chi connectivity index (χ1n) is 14.3. The predicted octanol–water partition coefficient (Wildman–Crippen LogP) is 4.58. The topological polar surface area (TPSA) is 69.7 Å². The highest BCUT2D eigenvalue weighted by Gasteiger charge is 2.21. The second-order valence-electron chi connectivity index (χ2n) is 10.2. The van der Waals surface area contributed by atoms with Crippen LogP contribution < -0.4 is 10.6 Å². The van der Waals surface area contributed by atoms with Gasteiger partial charge in [-0.15, -0.1) is 0 Å². The van der Waals surface area contributed by atoms with Crippen molar-refractivity contribution in [2.45, 2.75) is 89.6 Å². The van der Waals surface area contributed by atoms with Gasteiger partial charge in [0.15, 0.2) is 0 Å². The Kier molecular flexibility index (Phi) is 14.1. The van der Waals surface area contributed by atoms with Crippen molar-refractivity contribution in [1.82, 2.24) is 25.4 Å². The lowest BCUT2D eigenvalue weighted by molar-refractivity contribution is 0.0348. The van der Waals surface area contributed by atoms with Gasteiger partial charge in [0, 0.05) is 44.6 Å². The Morgan fingerprint density at radius 1 is 0.971 bits per heavy atom. The normalized spacial score (nSPS) is 17.5.